The number of pyridine rings is 1. The number of aromatic nitrogens is 1. The molecule has 0 bridgehead atoms. The first-order valence-corrected chi connectivity index (χ1v) is 5.44. The Hall–Kier alpha value is -2.51. The number of fused-ring (bicyclic) bond motifs is 1. The number of nitrogens with two attached hydrogens (primary N) is 1. The largest absolute Gasteiger partial charge is 0.573 e. The lowest BCUT2D eigenvalue weighted by Crippen LogP contribution is -2.27. The number of hydrogen-bond donors (Lipinski definition) is 1. The van der Waals surface area contributed by atoms with Crippen molar-refractivity contribution in [1.29, 1.82) is 0 Å². The van der Waals surface area contributed by atoms with Gasteiger partial charge in [-0.2, -0.15) is 0 Å². The molecule has 20 heavy (non-hydrogen) atoms. The number of nitrogens with zero attached hydrogens (tertiary/aromatic N) is 1. The first-order chi connectivity index (χ1) is 9.26. The van der Waals surface area contributed by atoms with E-state index in [1.165, 1.54) is 12.1 Å². The van der Waals surface area contributed by atoms with Crippen LogP contribution in [0.5, 0.6) is 5.75 Å². The van der Waals surface area contributed by atoms with E-state index in [4.69, 9.17) is 5.73 Å². The van der Waals surface area contributed by atoms with Crippen LogP contribution in [-0.2, 0) is 11.3 Å². The van der Waals surface area contributed by atoms with Crippen molar-refractivity contribution in [3.8, 4) is 5.75 Å². The molecule has 106 valence electrons. The van der Waals surface area contributed by atoms with Gasteiger partial charge in [-0.05, 0) is 24.3 Å². The summed E-state index contributed by atoms with van der Waals surface area (Å²) in [5.41, 5.74) is 4.85. The molecule has 0 aliphatic heterocycles. The summed E-state index contributed by atoms with van der Waals surface area (Å²) in [6.45, 7) is -0.352. The van der Waals surface area contributed by atoms with Crippen molar-refractivity contribution in [3.05, 3.63) is 40.7 Å². The third-order valence-electron chi connectivity index (χ3n) is 2.51. The molecule has 0 spiro atoms. The van der Waals surface area contributed by atoms with Gasteiger partial charge in [0.1, 0.15) is 12.3 Å². The van der Waals surface area contributed by atoms with E-state index in [2.05, 4.69) is 4.74 Å². The van der Waals surface area contributed by atoms with Crippen molar-refractivity contribution >= 4 is 16.8 Å². The van der Waals surface area contributed by atoms with Crippen LogP contribution in [0.2, 0.25) is 0 Å². The Bertz CT molecular complexity index is 722. The number of carbonyl (C=O) groups is 1. The van der Waals surface area contributed by atoms with Gasteiger partial charge < -0.3 is 10.5 Å². The summed E-state index contributed by atoms with van der Waals surface area (Å²) in [5, 5.41) is 0.326. The number of carbonyl (C=O) groups excluding carboxylic acids is 1. The molecule has 0 atom stereocenters. The number of primary amides is 1. The molecule has 2 N–H and O–H groups in total. The summed E-state index contributed by atoms with van der Waals surface area (Å²) < 4.78 is 41.2. The Kier molecular flexibility index (Phi) is 3.39. The normalized spacial score (nSPS) is 11.6. The minimum absolute atomic E-state index is 0.297. The summed E-state index contributed by atoms with van der Waals surface area (Å²) in [6, 6.07) is 5.94. The highest BCUT2D eigenvalue weighted by molar-refractivity contribution is 5.82. The third kappa shape index (κ3) is 3.08. The standard InChI is InChI=1S/C12H9F3N2O3/c13-12(14,15)20-8-2-3-9-7(5-8)1-4-11(19)17(9)6-10(16)18/h1-5H,6H2,(H2,16,18). The average molecular weight is 286 g/mol. The van der Waals surface area contributed by atoms with Gasteiger partial charge in [-0.25, -0.2) is 0 Å². The van der Waals surface area contributed by atoms with Gasteiger partial charge in [0.25, 0.3) is 5.56 Å². The van der Waals surface area contributed by atoms with Gasteiger partial charge in [-0.3, -0.25) is 14.2 Å². The highest BCUT2D eigenvalue weighted by atomic mass is 19.4. The number of alkyl halides is 3. The lowest BCUT2D eigenvalue weighted by molar-refractivity contribution is -0.274. The van der Waals surface area contributed by atoms with E-state index < -0.39 is 23.6 Å². The van der Waals surface area contributed by atoms with E-state index in [1.54, 1.807) is 0 Å². The van der Waals surface area contributed by atoms with E-state index in [0.717, 1.165) is 22.8 Å². The lowest BCUT2D eigenvalue weighted by atomic mass is 10.2. The fourth-order valence-electron chi connectivity index (χ4n) is 1.80. The average Bonchev–Trinajstić information content (AvgIpc) is 2.30. The maximum atomic E-state index is 12.1. The zero-order chi connectivity index (χ0) is 14.9. The van der Waals surface area contributed by atoms with Crippen LogP contribution in [0.4, 0.5) is 13.2 Å². The van der Waals surface area contributed by atoms with Gasteiger partial charge >= 0.3 is 6.36 Å². The van der Waals surface area contributed by atoms with Crippen LogP contribution in [0.1, 0.15) is 0 Å². The quantitative estimate of drug-likeness (QED) is 0.926. The van der Waals surface area contributed by atoms with E-state index in [0.29, 0.717) is 10.9 Å². The molecule has 2 rings (SSSR count). The number of hydrogen-bond acceptors (Lipinski definition) is 3. The molecule has 8 heteroatoms. The van der Waals surface area contributed by atoms with E-state index in [9.17, 15) is 22.8 Å². The fraction of sp³-hybridized carbons (Fsp3) is 0.167. The second-order valence-electron chi connectivity index (χ2n) is 3.99. The number of amides is 1. The van der Waals surface area contributed by atoms with Gasteiger partial charge in [0.2, 0.25) is 5.91 Å². The van der Waals surface area contributed by atoms with Crippen LogP contribution in [0.25, 0.3) is 10.9 Å². The molecular formula is C12H9F3N2O3. The molecule has 0 aliphatic carbocycles. The predicted molar refractivity (Wildman–Crippen MR) is 64.1 cm³/mol. The molecule has 0 saturated carbocycles. The molecule has 0 radical (unpaired) electrons. The maximum absolute atomic E-state index is 12.1. The minimum Gasteiger partial charge on any atom is -0.406 e. The smallest absolute Gasteiger partial charge is 0.406 e. The van der Waals surface area contributed by atoms with Gasteiger partial charge in [0.15, 0.2) is 0 Å². The van der Waals surface area contributed by atoms with E-state index in [-0.39, 0.29) is 6.54 Å². The molecule has 0 unspecified atom stereocenters. The van der Waals surface area contributed by atoms with E-state index in [1.807, 2.05) is 0 Å². The van der Waals surface area contributed by atoms with Crippen LogP contribution in [-0.4, -0.2) is 16.8 Å². The number of ether oxygens (including phenoxy) is 1. The van der Waals surface area contributed by atoms with Crippen molar-refractivity contribution in [2.45, 2.75) is 12.9 Å². The summed E-state index contributed by atoms with van der Waals surface area (Å²) in [4.78, 5) is 22.5. The van der Waals surface area contributed by atoms with Crippen LogP contribution < -0.4 is 16.0 Å². The highest BCUT2D eigenvalue weighted by Gasteiger charge is 2.31. The summed E-state index contributed by atoms with van der Waals surface area (Å²) >= 11 is 0. The summed E-state index contributed by atoms with van der Waals surface area (Å²) in [5.74, 6) is -1.13. The van der Waals surface area contributed by atoms with Gasteiger partial charge in [0, 0.05) is 11.5 Å². The Morgan fingerprint density at radius 2 is 1.95 bits per heavy atom. The fourth-order valence-corrected chi connectivity index (χ4v) is 1.80. The van der Waals surface area contributed by atoms with Crippen LogP contribution in [0.15, 0.2) is 35.1 Å². The highest BCUT2D eigenvalue weighted by Crippen LogP contribution is 2.25. The van der Waals surface area contributed by atoms with Crippen molar-refractivity contribution in [2.24, 2.45) is 5.73 Å². The molecule has 2 aromatic rings. The monoisotopic (exact) mass is 286 g/mol. The van der Waals surface area contributed by atoms with Crippen molar-refractivity contribution in [2.75, 3.05) is 0 Å². The van der Waals surface area contributed by atoms with Gasteiger partial charge in [0.05, 0.1) is 5.52 Å². The first-order valence-electron chi connectivity index (χ1n) is 5.44. The molecule has 0 saturated heterocycles. The number of rotatable bonds is 3. The molecular weight excluding hydrogens is 277 g/mol. The third-order valence-corrected chi connectivity index (χ3v) is 2.51. The lowest BCUT2D eigenvalue weighted by Gasteiger charge is -2.11. The molecule has 0 aliphatic rings. The summed E-state index contributed by atoms with van der Waals surface area (Å²) in [7, 11) is 0. The van der Waals surface area contributed by atoms with Crippen LogP contribution >= 0.6 is 0 Å². The topological polar surface area (TPSA) is 74.3 Å². The zero-order valence-corrected chi connectivity index (χ0v) is 9.98. The van der Waals surface area contributed by atoms with Crippen LogP contribution in [0, 0.1) is 0 Å². The van der Waals surface area contributed by atoms with Crippen molar-refractivity contribution in [3.63, 3.8) is 0 Å². The number of halogens is 3. The van der Waals surface area contributed by atoms with Gasteiger partial charge in [-0.15, -0.1) is 13.2 Å². The molecule has 0 fully saturated rings. The minimum atomic E-state index is -4.80. The molecule has 1 amide bonds. The zero-order valence-electron chi connectivity index (χ0n) is 9.98. The predicted octanol–water partition coefficient (Wildman–Crippen LogP) is 1.39. The first kappa shape index (κ1) is 13.9. The second-order valence-corrected chi connectivity index (χ2v) is 3.99. The molecule has 1 aromatic carbocycles. The summed E-state index contributed by atoms with van der Waals surface area (Å²) in [6.07, 6.45) is -4.80. The molecule has 5 nitrogen and oxygen atoms in total. The van der Waals surface area contributed by atoms with Crippen LogP contribution in [0.3, 0.4) is 0 Å². The Morgan fingerprint density at radius 3 is 2.55 bits per heavy atom. The Balaban J connectivity index is 2.53. The maximum Gasteiger partial charge on any atom is 0.573 e. The van der Waals surface area contributed by atoms with Gasteiger partial charge in [-0.1, -0.05) is 0 Å². The van der Waals surface area contributed by atoms with E-state index >= 15 is 0 Å². The van der Waals surface area contributed by atoms with Crippen molar-refractivity contribution in [1.82, 2.24) is 4.57 Å². The Labute approximate surface area is 110 Å². The molecule has 1 heterocycles. The van der Waals surface area contributed by atoms with Crippen molar-refractivity contribution < 1.29 is 22.7 Å². The second kappa shape index (κ2) is 4.87. The Morgan fingerprint density at radius 1 is 1.25 bits per heavy atom. The SMILES string of the molecule is NC(=O)Cn1c(=O)ccc2cc(OC(F)(F)F)ccc21. The molecule has 1 aromatic heterocycles. The number of benzene rings is 1.